The van der Waals surface area contributed by atoms with Gasteiger partial charge in [0.05, 0.1) is 0 Å². The summed E-state index contributed by atoms with van der Waals surface area (Å²) in [6.45, 7) is 4.06. The zero-order valence-electron chi connectivity index (χ0n) is 8.67. The maximum Gasteiger partial charge on any atom is 0.0474 e. The first-order valence-electron chi connectivity index (χ1n) is 5.31. The molecule has 1 heterocycles. The maximum atomic E-state index is 5.72. The largest absolute Gasteiger partial charge is 0.385 e. The molecule has 3 heteroatoms. The smallest absolute Gasteiger partial charge is 0.0474 e. The van der Waals surface area contributed by atoms with Gasteiger partial charge in [0.25, 0.3) is 0 Å². The third kappa shape index (κ3) is 3.63. The summed E-state index contributed by atoms with van der Waals surface area (Å²) in [5.74, 6) is 0. The SMILES string of the molecule is COCCCN1CCCCC1CN. The third-order valence-electron chi connectivity index (χ3n) is 2.81. The molecule has 0 saturated carbocycles. The van der Waals surface area contributed by atoms with Gasteiger partial charge < -0.3 is 10.5 Å². The number of methoxy groups -OCH3 is 1. The average Bonchev–Trinajstić information content (AvgIpc) is 2.19. The fourth-order valence-corrected chi connectivity index (χ4v) is 2.03. The van der Waals surface area contributed by atoms with Crippen molar-refractivity contribution in [1.82, 2.24) is 4.90 Å². The highest BCUT2D eigenvalue weighted by molar-refractivity contribution is 4.77. The maximum absolute atomic E-state index is 5.72. The Morgan fingerprint density at radius 3 is 3.00 bits per heavy atom. The second kappa shape index (κ2) is 6.35. The van der Waals surface area contributed by atoms with E-state index in [2.05, 4.69) is 4.90 Å². The number of piperidine rings is 1. The van der Waals surface area contributed by atoms with E-state index in [1.165, 1.54) is 25.8 Å². The van der Waals surface area contributed by atoms with Crippen LogP contribution in [0.5, 0.6) is 0 Å². The van der Waals surface area contributed by atoms with Crippen molar-refractivity contribution in [2.45, 2.75) is 31.7 Å². The zero-order valence-corrected chi connectivity index (χ0v) is 8.67. The molecule has 1 aliphatic rings. The van der Waals surface area contributed by atoms with Gasteiger partial charge in [0, 0.05) is 32.8 Å². The second-order valence-electron chi connectivity index (χ2n) is 3.77. The molecule has 78 valence electrons. The summed E-state index contributed by atoms with van der Waals surface area (Å²) in [5.41, 5.74) is 5.72. The second-order valence-corrected chi connectivity index (χ2v) is 3.77. The Kier molecular flexibility index (Phi) is 5.35. The Hall–Kier alpha value is -0.120. The van der Waals surface area contributed by atoms with Crippen molar-refractivity contribution in [3.05, 3.63) is 0 Å². The molecule has 2 N–H and O–H groups in total. The van der Waals surface area contributed by atoms with Gasteiger partial charge in [0.2, 0.25) is 0 Å². The van der Waals surface area contributed by atoms with Crippen molar-refractivity contribution in [3.63, 3.8) is 0 Å². The summed E-state index contributed by atoms with van der Waals surface area (Å²) in [5, 5.41) is 0. The normalized spacial score (nSPS) is 24.9. The molecule has 1 fully saturated rings. The Morgan fingerprint density at radius 1 is 1.46 bits per heavy atom. The van der Waals surface area contributed by atoms with Crippen LogP contribution in [-0.4, -0.2) is 44.3 Å². The van der Waals surface area contributed by atoms with E-state index in [9.17, 15) is 0 Å². The van der Waals surface area contributed by atoms with Crippen LogP contribution in [-0.2, 0) is 4.74 Å². The number of hydrogen-bond donors (Lipinski definition) is 1. The molecule has 1 atom stereocenters. The van der Waals surface area contributed by atoms with E-state index in [-0.39, 0.29) is 0 Å². The summed E-state index contributed by atoms with van der Waals surface area (Å²) >= 11 is 0. The van der Waals surface area contributed by atoms with Crippen LogP contribution in [0.15, 0.2) is 0 Å². The van der Waals surface area contributed by atoms with Gasteiger partial charge in [-0.05, 0) is 25.8 Å². The van der Waals surface area contributed by atoms with Gasteiger partial charge in [-0.1, -0.05) is 6.42 Å². The van der Waals surface area contributed by atoms with Crippen molar-refractivity contribution in [3.8, 4) is 0 Å². The third-order valence-corrected chi connectivity index (χ3v) is 2.81. The Morgan fingerprint density at radius 2 is 2.31 bits per heavy atom. The van der Waals surface area contributed by atoms with Crippen LogP contribution in [0.25, 0.3) is 0 Å². The molecule has 0 aromatic heterocycles. The van der Waals surface area contributed by atoms with Gasteiger partial charge in [-0.15, -0.1) is 0 Å². The molecule has 13 heavy (non-hydrogen) atoms. The molecule has 3 nitrogen and oxygen atoms in total. The lowest BCUT2D eigenvalue weighted by atomic mass is 10.0. The van der Waals surface area contributed by atoms with Gasteiger partial charge in [-0.25, -0.2) is 0 Å². The van der Waals surface area contributed by atoms with E-state index < -0.39 is 0 Å². The minimum atomic E-state index is 0.630. The van der Waals surface area contributed by atoms with Crippen LogP contribution >= 0.6 is 0 Å². The van der Waals surface area contributed by atoms with Gasteiger partial charge in [0.15, 0.2) is 0 Å². The molecule has 1 unspecified atom stereocenters. The van der Waals surface area contributed by atoms with Crippen LogP contribution in [0.3, 0.4) is 0 Å². The minimum Gasteiger partial charge on any atom is -0.385 e. The Bertz CT molecular complexity index is 130. The van der Waals surface area contributed by atoms with Crippen molar-refractivity contribution in [1.29, 1.82) is 0 Å². The van der Waals surface area contributed by atoms with E-state index in [1.807, 2.05) is 0 Å². The zero-order chi connectivity index (χ0) is 9.52. The summed E-state index contributed by atoms with van der Waals surface area (Å²) in [4.78, 5) is 2.52. The van der Waals surface area contributed by atoms with Crippen molar-refractivity contribution in [2.24, 2.45) is 5.73 Å². The molecule has 0 amide bonds. The molecule has 0 bridgehead atoms. The highest BCUT2D eigenvalue weighted by atomic mass is 16.5. The van der Waals surface area contributed by atoms with E-state index in [4.69, 9.17) is 10.5 Å². The fourth-order valence-electron chi connectivity index (χ4n) is 2.03. The standard InChI is InChI=1S/C10H22N2O/c1-13-8-4-7-12-6-3-2-5-10(12)9-11/h10H,2-9,11H2,1H3. The topological polar surface area (TPSA) is 38.5 Å². The molecule has 1 rings (SSSR count). The summed E-state index contributed by atoms with van der Waals surface area (Å²) in [6.07, 6.45) is 5.10. The Labute approximate surface area is 81.2 Å². The molecular weight excluding hydrogens is 164 g/mol. The predicted octanol–water partition coefficient (Wildman–Crippen LogP) is 0.836. The molecule has 1 saturated heterocycles. The molecule has 0 aromatic carbocycles. The lowest BCUT2D eigenvalue weighted by molar-refractivity contribution is 0.125. The highest BCUT2D eigenvalue weighted by Crippen LogP contribution is 2.15. The lowest BCUT2D eigenvalue weighted by Crippen LogP contribution is -2.44. The molecule has 0 spiro atoms. The molecule has 0 aliphatic carbocycles. The van der Waals surface area contributed by atoms with Crippen molar-refractivity contribution < 1.29 is 4.74 Å². The lowest BCUT2D eigenvalue weighted by Gasteiger charge is -2.34. The van der Waals surface area contributed by atoms with Crippen LogP contribution in [0, 0.1) is 0 Å². The molecule has 1 aliphatic heterocycles. The van der Waals surface area contributed by atoms with Crippen molar-refractivity contribution >= 4 is 0 Å². The van der Waals surface area contributed by atoms with Gasteiger partial charge >= 0.3 is 0 Å². The van der Waals surface area contributed by atoms with Crippen molar-refractivity contribution in [2.75, 3.05) is 33.4 Å². The van der Waals surface area contributed by atoms with Gasteiger partial charge in [-0.3, -0.25) is 4.90 Å². The summed E-state index contributed by atoms with van der Waals surface area (Å²) in [6, 6.07) is 0.630. The van der Waals surface area contributed by atoms with Gasteiger partial charge in [-0.2, -0.15) is 0 Å². The highest BCUT2D eigenvalue weighted by Gasteiger charge is 2.19. The van der Waals surface area contributed by atoms with Gasteiger partial charge in [0.1, 0.15) is 0 Å². The van der Waals surface area contributed by atoms with Crippen LogP contribution in [0.1, 0.15) is 25.7 Å². The van der Waals surface area contributed by atoms with E-state index in [1.54, 1.807) is 7.11 Å². The average molecular weight is 186 g/mol. The number of likely N-dealkylation sites (tertiary alicyclic amines) is 1. The minimum absolute atomic E-state index is 0.630. The molecule has 0 radical (unpaired) electrons. The quantitative estimate of drug-likeness (QED) is 0.647. The summed E-state index contributed by atoms with van der Waals surface area (Å²) < 4.78 is 5.04. The number of nitrogens with zero attached hydrogens (tertiary/aromatic N) is 1. The first kappa shape index (κ1) is 11.0. The van der Waals surface area contributed by atoms with Crippen LogP contribution in [0.4, 0.5) is 0 Å². The predicted molar refractivity (Wildman–Crippen MR) is 54.8 cm³/mol. The molecule has 0 aromatic rings. The van der Waals surface area contributed by atoms with E-state index in [0.29, 0.717) is 6.04 Å². The summed E-state index contributed by atoms with van der Waals surface area (Å²) in [7, 11) is 1.76. The number of ether oxygens (including phenoxy) is 1. The van der Waals surface area contributed by atoms with Crippen LogP contribution in [0.2, 0.25) is 0 Å². The number of nitrogens with two attached hydrogens (primary N) is 1. The fraction of sp³-hybridized carbons (Fsp3) is 1.00. The molecular formula is C10H22N2O. The first-order chi connectivity index (χ1) is 6.38. The number of rotatable bonds is 5. The monoisotopic (exact) mass is 186 g/mol. The Balaban J connectivity index is 2.19. The van der Waals surface area contributed by atoms with E-state index in [0.717, 1.165) is 26.1 Å². The van der Waals surface area contributed by atoms with Crippen LogP contribution < -0.4 is 5.73 Å². The van der Waals surface area contributed by atoms with E-state index >= 15 is 0 Å². The first-order valence-corrected chi connectivity index (χ1v) is 5.31. The number of hydrogen-bond acceptors (Lipinski definition) is 3.